The summed E-state index contributed by atoms with van der Waals surface area (Å²) in [6, 6.07) is 0. The summed E-state index contributed by atoms with van der Waals surface area (Å²) in [5.74, 6) is 0. The molecule has 0 atom stereocenters. The molecule has 1 N–H and O–H groups in total. The van der Waals surface area contributed by atoms with Crippen LogP contribution in [0.4, 0.5) is 4.53 Å². The summed E-state index contributed by atoms with van der Waals surface area (Å²) in [6.07, 6.45) is 0. The van der Waals surface area contributed by atoms with E-state index in [9.17, 15) is 0 Å². The number of halogens is 1. The van der Waals surface area contributed by atoms with Crippen molar-refractivity contribution in [2.75, 3.05) is 0 Å². The van der Waals surface area contributed by atoms with Gasteiger partial charge in [0.15, 0.2) is 17.4 Å². The number of hydrogen-bond donors (Lipinski definition) is 1. The first-order chi connectivity index (χ1) is 1.00. The van der Waals surface area contributed by atoms with Gasteiger partial charge in [-0.05, 0) is 0 Å². The molecule has 0 bridgehead atoms. The Morgan fingerprint density at radius 1 is 1.25 bits per heavy atom. The Hall–Kier alpha value is 1.90. The van der Waals surface area contributed by atoms with Crippen molar-refractivity contribution in [2.24, 2.45) is 0 Å². The molecule has 4 heteroatoms. The van der Waals surface area contributed by atoms with Crippen LogP contribution in [-0.2, 0) is 0 Å². The molecule has 0 aromatic rings. The first-order valence-corrected chi connectivity index (χ1v) is 0.169. The normalized spacial score (nSPS) is 1.50. The Morgan fingerprint density at radius 2 is 1.25 bits per heavy atom. The van der Waals surface area contributed by atoms with Crippen LogP contribution in [0.15, 0.2) is 0 Å². The van der Waals surface area contributed by atoms with Crippen LogP contribution in [0.25, 0.3) is 0 Å². The minimum absolute atomic E-state index is 0. The average Bonchev–Trinajstić information content (AvgIpc) is 1.00. The molecular formula is H6AlFOSr. The van der Waals surface area contributed by atoms with Crippen LogP contribution in [0.2, 0.25) is 0 Å². The summed E-state index contributed by atoms with van der Waals surface area (Å²) in [6.45, 7) is 0. The molecule has 0 aliphatic heterocycles. The predicted molar refractivity (Wildman–Crippen MR) is 21.8 cm³/mol. The molecule has 0 aromatic carbocycles. The fourth-order valence-corrected chi connectivity index (χ4v) is 0. The van der Waals surface area contributed by atoms with E-state index in [0.29, 0.717) is 0 Å². The van der Waals surface area contributed by atoms with Gasteiger partial charge in [0, 0.05) is 0 Å². The monoisotopic (exact) mass is 156 g/mol. The third-order valence-electron chi connectivity index (χ3n) is 0. The molecule has 0 rings (SSSR count). The Balaban J connectivity index is -0.00000000500. The van der Waals surface area contributed by atoms with Gasteiger partial charge in [-0.2, -0.15) is 0 Å². The maximum atomic E-state index is 8.50. The van der Waals surface area contributed by atoms with E-state index >= 15 is 0 Å². The van der Waals surface area contributed by atoms with Crippen molar-refractivity contribution in [1.82, 2.24) is 0 Å². The van der Waals surface area contributed by atoms with Gasteiger partial charge < -0.3 is 0 Å². The summed E-state index contributed by atoms with van der Waals surface area (Å²) in [5, 5.41) is 5.50. The molecule has 0 aromatic heterocycles. The Labute approximate surface area is 71.5 Å². The molecule has 0 spiro atoms. The van der Waals surface area contributed by atoms with Crippen molar-refractivity contribution in [1.29, 1.82) is 0 Å². The van der Waals surface area contributed by atoms with Crippen LogP contribution in [0.3, 0.4) is 0 Å². The van der Waals surface area contributed by atoms with Crippen molar-refractivity contribution in [3.63, 3.8) is 0 Å². The second-order valence-electron chi connectivity index (χ2n) is 0. The Bertz CT molecular complexity index is 8.00. The zero-order chi connectivity index (χ0) is 2.00. The third kappa shape index (κ3) is 9.08. The molecule has 0 amide bonds. The summed E-state index contributed by atoms with van der Waals surface area (Å²) >= 11 is 0. The molecule has 4 heavy (non-hydrogen) atoms. The second-order valence-corrected chi connectivity index (χ2v) is 0. The molecule has 0 aliphatic carbocycles. The Morgan fingerprint density at radius 3 is 1.25 bits per heavy atom. The maximum absolute atomic E-state index is 8.50. The van der Waals surface area contributed by atoms with Crippen LogP contribution in [0, 0.1) is 0 Å². The zero-order valence-electron chi connectivity index (χ0n) is 0.825. The van der Waals surface area contributed by atoms with Crippen molar-refractivity contribution >= 4 is 62.8 Å². The molecule has 0 saturated carbocycles. The SMILES string of the molecule is OF.[AlH3].[SrH2]. The van der Waals surface area contributed by atoms with Crippen LogP contribution in [-0.4, -0.2) is 68.2 Å². The van der Waals surface area contributed by atoms with Gasteiger partial charge in [-0.25, -0.2) is 5.31 Å². The van der Waals surface area contributed by atoms with E-state index in [0.717, 1.165) is 0 Å². The van der Waals surface area contributed by atoms with E-state index in [4.69, 9.17) is 9.84 Å². The zero-order valence-corrected chi connectivity index (χ0v) is 0.825. The molecular weight excluding hydrogens is 150 g/mol. The molecule has 0 unspecified atom stereocenters. The molecule has 0 radical (unpaired) electrons. The molecule has 0 aliphatic rings. The van der Waals surface area contributed by atoms with E-state index in [2.05, 4.69) is 0 Å². The first-order valence-electron chi connectivity index (χ1n) is 0.169. The van der Waals surface area contributed by atoms with E-state index in [1.807, 2.05) is 0 Å². The summed E-state index contributed by atoms with van der Waals surface area (Å²) in [5.41, 5.74) is 0. The predicted octanol–water partition coefficient (Wildman–Crippen LogP) is -2.24. The molecule has 24 valence electrons. The van der Waals surface area contributed by atoms with Gasteiger partial charge in [0.25, 0.3) is 0 Å². The summed E-state index contributed by atoms with van der Waals surface area (Å²) in [4.78, 5) is 0. The fourth-order valence-electron chi connectivity index (χ4n) is 0. The van der Waals surface area contributed by atoms with Gasteiger partial charge in [0.1, 0.15) is 0 Å². The average molecular weight is 156 g/mol. The molecule has 1 nitrogen and oxygen atoms in total. The van der Waals surface area contributed by atoms with Gasteiger partial charge in [-0.15, -0.1) is 0 Å². The van der Waals surface area contributed by atoms with Gasteiger partial charge in [0.2, 0.25) is 0 Å². The number of rotatable bonds is 0. The number of hydrogen-bond acceptors (Lipinski definition) is 1. The van der Waals surface area contributed by atoms with Crippen LogP contribution < -0.4 is 0 Å². The van der Waals surface area contributed by atoms with Crippen molar-refractivity contribution in [3.05, 3.63) is 0 Å². The van der Waals surface area contributed by atoms with Crippen LogP contribution >= 0.6 is 0 Å². The van der Waals surface area contributed by atoms with Gasteiger partial charge in [0.05, 0.1) is 0 Å². The van der Waals surface area contributed by atoms with E-state index in [-0.39, 0.29) is 62.8 Å². The van der Waals surface area contributed by atoms with Gasteiger partial charge in [-0.3, -0.25) is 0 Å². The Kier molecular flexibility index (Phi) is 86.8. The standard InChI is InChI=1S/Al.FHO.Sr.5H/c;1-2;;;;;;/h;2H;;;;;;. The van der Waals surface area contributed by atoms with E-state index in [1.54, 1.807) is 0 Å². The third-order valence-corrected chi connectivity index (χ3v) is 0. The minimum atomic E-state index is 0. The van der Waals surface area contributed by atoms with Crippen LogP contribution in [0.5, 0.6) is 0 Å². The first kappa shape index (κ1) is 16.8. The quantitative estimate of drug-likeness (QED) is 0.393. The fraction of sp³-hybridized carbons (Fsp3) is 0. The van der Waals surface area contributed by atoms with Crippen molar-refractivity contribution in [3.8, 4) is 0 Å². The van der Waals surface area contributed by atoms with Crippen LogP contribution in [0.1, 0.15) is 0 Å². The second kappa shape index (κ2) is 20.6. The summed E-state index contributed by atoms with van der Waals surface area (Å²) < 4.78 is 8.50. The van der Waals surface area contributed by atoms with Crippen molar-refractivity contribution < 1.29 is 9.84 Å². The molecule has 0 fully saturated rings. The topological polar surface area (TPSA) is 20.2 Å². The van der Waals surface area contributed by atoms with E-state index in [1.165, 1.54) is 0 Å². The van der Waals surface area contributed by atoms with Crippen molar-refractivity contribution in [2.45, 2.75) is 0 Å². The van der Waals surface area contributed by atoms with Gasteiger partial charge in [-0.1, -0.05) is 4.53 Å². The van der Waals surface area contributed by atoms with E-state index < -0.39 is 0 Å². The molecule has 0 heterocycles. The van der Waals surface area contributed by atoms with Gasteiger partial charge >= 0.3 is 45.5 Å². The molecule has 0 saturated heterocycles. The summed E-state index contributed by atoms with van der Waals surface area (Å²) in [7, 11) is 0.